The van der Waals surface area contributed by atoms with E-state index in [1.54, 1.807) is 0 Å². The lowest BCUT2D eigenvalue weighted by molar-refractivity contribution is -0.111. The van der Waals surface area contributed by atoms with Crippen LogP contribution in [-0.2, 0) is 9.53 Å². The van der Waals surface area contributed by atoms with Crippen LogP contribution in [0.3, 0.4) is 0 Å². The van der Waals surface area contributed by atoms with Crippen molar-refractivity contribution in [1.82, 2.24) is 0 Å². The highest BCUT2D eigenvalue weighted by molar-refractivity contribution is 6.06. The van der Waals surface area contributed by atoms with E-state index in [9.17, 15) is 4.79 Å². The first kappa shape index (κ1) is 7.85. The molecule has 0 radical (unpaired) electrons. The Morgan fingerprint density at radius 2 is 2.55 bits per heavy atom. The lowest BCUT2D eigenvalue weighted by Gasteiger charge is -2.00. The van der Waals surface area contributed by atoms with E-state index in [0.29, 0.717) is 24.4 Å². The second-order valence-corrected chi connectivity index (χ2v) is 2.24. The Kier molecular flexibility index (Phi) is 2.31. The molecule has 0 aromatic rings. The van der Waals surface area contributed by atoms with Crippen LogP contribution in [-0.4, -0.2) is 17.5 Å². The third-order valence-electron chi connectivity index (χ3n) is 1.46. The largest absolute Gasteiger partial charge is 0.515 e. The summed E-state index contributed by atoms with van der Waals surface area (Å²) < 4.78 is 5.09. The molecule has 0 fully saturated rings. The van der Waals surface area contributed by atoms with E-state index >= 15 is 0 Å². The molecule has 0 unspecified atom stereocenters. The molecular weight excluding hydrogens is 144 g/mol. The van der Waals surface area contributed by atoms with Gasteiger partial charge in [-0.05, 0) is 6.92 Å². The molecule has 1 aliphatic rings. The Labute approximate surface area is 65.0 Å². The zero-order valence-electron chi connectivity index (χ0n) is 6.33. The van der Waals surface area contributed by atoms with Crippen molar-refractivity contribution in [2.45, 2.75) is 13.3 Å². The van der Waals surface area contributed by atoms with Gasteiger partial charge in [-0.25, -0.2) is 0 Å². The fourth-order valence-corrected chi connectivity index (χ4v) is 0.952. The smallest absolute Gasteiger partial charge is 0.188 e. The van der Waals surface area contributed by atoms with Crippen LogP contribution in [0.4, 0.5) is 0 Å². The predicted molar refractivity (Wildman–Crippen MR) is 40.0 cm³/mol. The highest BCUT2D eigenvalue weighted by Gasteiger charge is 2.18. The number of ether oxygens (including phenoxy) is 1. The van der Waals surface area contributed by atoms with Gasteiger partial charge in [0.1, 0.15) is 5.76 Å². The summed E-state index contributed by atoms with van der Waals surface area (Å²) in [5.41, 5.74) is 0.397. The maximum Gasteiger partial charge on any atom is 0.188 e. The van der Waals surface area contributed by atoms with Crippen LogP contribution in [0.5, 0.6) is 0 Å². The Bertz CT molecular complexity index is 225. The number of rotatable bonds is 2. The summed E-state index contributed by atoms with van der Waals surface area (Å²) in [6.07, 6.45) is 2.67. The van der Waals surface area contributed by atoms with Crippen LogP contribution in [0.2, 0.25) is 0 Å². The Morgan fingerprint density at radius 1 is 1.82 bits per heavy atom. The van der Waals surface area contributed by atoms with Crippen LogP contribution in [0, 0.1) is 0 Å². The molecule has 0 heterocycles. The van der Waals surface area contributed by atoms with Crippen molar-refractivity contribution in [2.75, 3.05) is 6.61 Å². The molecule has 3 nitrogen and oxygen atoms in total. The minimum absolute atomic E-state index is 0.157. The summed E-state index contributed by atoms with van der Waals surface area (Å²) in [5, 5.41) is 8.55. The van der Waals surface area contributed by atoms with E-state index < -0.39 is 0 Å². The average Bonchev–Trinajstić information content (AvgIpc) is 2.32. The molecule has 0 spiro atoms. The number of allylic oxidation sites excluding steroid dienone is 2. The Morgan fingerprint density at radius 3 is 3.00 bits per heavy atom. The van der Waals surface area contributed by atoms with Gasteiger partial charge in [-0.3, -0.25) is 4.79 Å². The number of ketones is 1. The Hall–Kier alpha value is -1.25. The van der Waals surface area contributed by atoms with E-state index in [0.717, 1.165) is 6.26 Å². The maximum atomic E-state index is 10.9. The first-order valence-corrected chi connectivity index (χ1v) is 3.49. The monoisotopic (exact) mass is 154 g/mol. The number of aliphatic hydroxyl groups is 1. The summed E-state index contributed by atoms with van der Waals surface area (Å²) >= 11 is 0. The minimum atomic E-state index is -0.157. The van der Waals surface area contributed by atoms with Crippen molar-refractivity contribution in [2.24, 2.45) is 0 Å². The molecule has 1 N–H and O–H groups in total. The van der Waals surface area contributed by atoms with Gasteiger partial charge in [-0.1, -0.05) is 0 Å². The van der Waals surface area contributed by atoms with Gasteiger partial charge in [-0.2, -0.15) is 0 Å². The summed E-state index contributed by atoms with van der Waals surface area (Å²) in [5.74, 6) is 0.480. The molecule has 60 valence electrons. The first-order chi connectivity index (χ1) is 5.27. The second-order valence-electron chi connectivity index (χ2n) is 2.24. The van der Waals surface area contributed by atoms with Gasteiger partial charge in [0.05, 0.1) is 12.9 Å². The van der Waals surface area contributed by atoms with Crippen LogP contribution in [0.1, 0.15) is 13.3 Å². The molecule has 0 saturated carbocycles. The van der Waals surface area contributed by atoms with Gasteiger partial charge in [0.2, 0.25) is 0 Å². The maximum absolute atomic E-state index is 10.9. The molecule has 1 aliphatic carbocycles. The van der Waals surface area contributed by atoms with Crippen molar-refractivity contribution >= 4 is 5.78 Å². The zero-order valence-corrected chi connectivity index (χ0v) is 6.33. The molecule has 11 heavy (non-hydrogen) atoms. The van der Waals surface area contributed by atoms with E-state index in [4.69, 9.17) is 9.84 Å². The average molecular weight is 154 g/mol. The topological polar surface area (TPSA) is 46.5 Å². The molecule has 0 aliphatic heterocycles. The molecule has 0 aromatic carbocycles. The highest BCUT2D eigenvalue weighted by Crippen LogP contribution is 2.20. The quantitative estimate of drug-likeness (QED) is 0.482. The van der Waals surface area contributed by atoms with Gasteiger partial charge in [0, 0.05) is 18.1 Å². The van der Waals surface area contributed by atoms with Gasteiger partial charge in [-0.15, -0.1) is 0 Å². The van der Waals surface area contributed by atoms with Crippen molar-refractivity contribution < 1.29 is 14.6 Å². The van der Waals surface area contributed by atoms with Crippen LogP contribution >= 0.6 is 0 Å². The third-order valence-corrected chi connectivity index (χ3v) is 1.46. The number of carbonyl (C=O) groups excluding carboxylic acids is 1. The Balaban J connectivity index is 2.63. The predicted octanol–water partition coefficient (Wildman–Crippen LogP) is 1.32. The lowest BCUT2D eigenvalue weighted by atomic mass is 10.2. The molecule has 3 heteroatoms. The van der Waals surface area contributed by atoms with Gasteiger partial charge in [0.15, 0.2) is 5.78 Å². The zero-order chi connectivity index (χ0) is 8.27. The van der Waals surface area contributed by atoms with Crippen molar-refractivity contribution in [3.05, 3.63) is 23.7 Å². The van der Waals surface area contributed by atoms with E-state index in [1.165, 1.54) is 6.08 Å². The minimum Gasteiger partial charge on any atom is -0.515 e. The lowest BCUT2D eigenvalue weighted by Crippen LogP contribution is -1.90. The van der Waals surface area contributed by atoms with Crippen LogP contribution < -0.4 is 0 Å². The summed E-state index contributed by atoms with van der Waals surface area (Å²) in [6, 6.07) is 0. The number of hydrogen-bond acceptors (Lipinski definition) is 3. The summed E-state index contributed by atoms with van der Waals surface area (Å²) in [6.45, 7) is 2.41. The van der Waals surface area contributed by atoms with Gasteiger partial charge in [0.25, 0.3) is 0 Å². The van der Waals surface area contributed by atoms with E-state index in [2.05, 4.69) is 0 Å². The van der Waals surface area contributed by atoms with Crippen LogP contribution in [0.15, 0.2) is 23.7 Å². The molecule has 1 rings (SSSR count). The summed E-state index contributed by atoms with van der Waals surface area (Å²) in [7, 11) is 0. The molecule has 0 amide bonds. The van der Waals surface area contributed by atoms with E-state index in [1.807, 2.05) is 6.92 Å². The normalized spacial score (nSPS) is 20.6. The van der Waals surface area contributed by atoms with Gasteiger partial charge >= 0.3 is 0 Å². The van der Waals surface area contributed by atoms with Gasteiger partial charge < -0.3 is 9.84 Å². The third kappa shape index (κ3) is 1.61. The standard InChI is InChI=1S/C8H10O3/c1-2-11-7-3-6(5-9)8(10)4-7/h4-5,9H,2-3H2,1H3/b6-5+. The van der Waals surface area contributed by atoms with E-state index in [-0.39, 0.29) is 5.78 Å². The first-order valence-electron chi connectivity index (χ1n) is 3.49. The molecular formula is C8H10O3. The van der Waals surface area contributed by atoms with Crippen molar-refractivity contribution in [1.29, 1.82) is 0 Å². The highest BCUT2D eigenvalue weighted by atomic mass is 16.5. The fourth-order valence-electron chi connectivity index (χ4n) is 0.952. The number of aliphatic hydroxyl groups excluding tert-OH is 1. The number of carbonyl (C=O) groups is 1. The van der Waals surface area contributed by atoms with Crippen molar-refractivity contribution in [3.8, 4) is 0 Å². The number of hydrogen-bond donors (Lipinski definition) is 1. The molecule has 0 bridgehead atoms. The molecule has 0 atom stereocenters. The van der Waals surface area contributed by atoms with Crippen molar-refractivity contribution in [3.63, 3.8) is 0 Å². The summed E-state index contributed by atoms with van der Waals surface area (Å²) in [4.78, 5) is 10.9. The second kappa shape index (κ2) is 3.23. The fraction of sp³-hybridized carbons (Fsp3) is 0.375. The molecule has 0 aromatic heterocycles. The molecule has 0 saturated heterocycles. The van der Waals surface area contributed by atoms with Crippen LogP contribution in [0.25, 0.3) is 0 Å². The SMILES string of the molecule is CCOC1=CC(=O)/C(=C/O)C1.